The third-order valence-corrected chi connectivity index (χ3v) is 5.74. The molecule has 0 spiro atoms. The van der Waals surface area contributed by atoms with Crippen molar-refractivity contribution in [2.24, 2.45) is 0 Å². The highest BCUT2D eigenvalue weighted by atomic mass is 32.2. The van der Waals surface area contributed by atoms with Crippen LogP contribution in [0.3, 0.4) is 0 Å². The van der Waals surface area contributed by atoms with Crippen LogP contribution in [0, 0.1) is 0 Å². The van der Waals surface area contributed by atoms with Gasteiger partial charge in [0.05, 0.1) is 12.1 Å². The molecule has 1 atom stereocenters. The van der Waals surface area contributed by atoms with E-state index in [0.717, 1.165) is 31.2 Å². The molecule has 1 aliphatic heterocycles. The zero-order valence-corrected chi connectivity index (χ0v) is 13.3. The summed E-state index contributed by atoms with van der Waals surface area (Å²) in [5, 5.41) is 9.71. The lowest BCUT2D eigenvalue weighted by Crippen LogP contribution is -2.52. The molecule has 2 N–H and O–H groups in total. The van der Waals surface area contributed by atoms with E-state index in [0.29, 0.717) is 13.1 Å². The topological polar surface area (TPSA) is 69.6 Å². The number of rotatable bonds is 5. The highest BCUT2D eigenvalue weighted by Gasteiger charge is 2.34. The van der Waals surface area contributed by atoms with Crippen molar-refractivity contribution in [2.75, 3.05) is 19.7 Å². The molecule has 21 heavy (non-hydrogen) atoms. The molecule has 5 nitrogen and oxygen atoms in total. The Bertz CT molecular complexity index is 539. The van der Waals surface area contributed by atoms with Crippen molar-refractivity contribution in [3.63, 3.8) is 0 Å². The van der Waals surface area contributed by atoms with Gasteiger partial charge in [0, 0.05) is 13.1 Å². The zero-order valence-electron chi connectivity index (χ0n) is 12.5. The first-order valence-corrected chi connectivity index (χ1v) is 8.87. The molecule has 1 heterocycles. The van der Waals surface area contributed by atoms with E-state index in [-0.39, 0.29) is 6.61 Å². The van der Waals surface area contributed by atoms with Crippen LogP contribution in [0.25, 0.3) is 0 Å². The van der Waals surface area contributed by atoms with E-state index in [9.17, 15) is 13.5 Å². The van der Waals surface area contributed by atoms with Crippen molar-refractivity contribution < 1.29 is 13.5 Å². The van der Waals surface area contributed by atoms with Gasteiger partial charge in [-0.25, -0.2) is 0 Å². The maximum atomic E-state index is 12.6. The Balaban J connectivity index is 2.20. The van der Waals surface area contributed by atoms with Gasteiger partial charge in [-0.3, -0.25) is 0 Å². The van der Waals surface area contributed by atoms with Gasteiger partial charge in [0.25, 0.3) is 10.2 Å². The van der Waals surface area contributed by atoms with E-state index in [1.54, 1.807) is 6.92 Å². The molecule has 1 aromatic rings. The van der Waals surface area contributed by atoms with Gasteiger partial charge in [-0.2, -0.15) is 17.4 Å². The molecule has 1 aliphatic rings. The zero-order chi connectivity index (χ0) is 15.3. The average molecular weight is 312 g/mol. The summed E-state index contributed by atoms with van der Waals surface area (Å²) in [7, 11) is -3.60. The molecule has 1 saturated heterocycles. The van der Waals surface area contributed by atoms with Gasteiger partial charge >= 0.3 is 0 Å². The summed E-state index contributed by atoms with van der Waals surface area (Å²) < 4.78 is 29.4. The van der Waals surface area contributed by atoms with Gasteiger partial charge in [0.1, 0.15) is 0 Å². The Labute approximate surface area is 127 Å². The summed E-state index contributed by atoms with van der Waals surface area (Å²) in [5.74, 6) is 0. The SMILES string of the molecule is CC(CO)(NS(=O)(=O)N1CCCCCC1)c1ccccc1. The van der Waals surface area contributed by atoms with Crippen LogP contribution < -0.4 is 4.72 Å². The predicted molar refractivity (Wildman–Crippen MR) is 83.0 cm³/mol. The Morgan fingerprint density at radius 3 is 2.24 bits per heavy atom. The van der Waals surface area contributed by atoms with Crippen LogP contribution in [0.5, 0.6) is 0 Å². The second kappa shape index (κ2) is 6.87. The van der Waals surface area contributed by atoms with Gasteiger partial charge in [0.2, 0.25) is 0 Å². The fourth-order valence-electron chi connectivity index (χ4n) is 2.62. The highest BCUT2D eigenvalue weighted by molar-refractivity contribution is 7.87. The van der Waals surface area contributed by atoms with E-state index in [2.05, 4.69) is 4.72 Å². The first-order valence-electron chi connectivity index (χ1n) is 7.43. The summed E-state index contributed by atoms with van der Waals surface area (Å²) in [6.07, 6.45) is 3.92. The fourth-order valence-corrected chi connectivity index (χ4v) is 4.24. The van der Waals surface area contributed by atoms with Gasteiger partial charge in [0.15, 0.2) is 0 Å². The lowest BCUT2D eigenvalue weighted by molar-refractivity contribution is 0.193. The third-order valence-electron chi connectivity index (χ3n) is 3.99. The lowest BCUT2D eigenvalue weighted by Gasteiger charge is -2.32. The summed E-state index contributed by atoms with van der Waals surface area (Å²) in [5.41, 5.74) is -0.252. The average Bonchev–Trinajstić information content (AvgIpc) is 2.77. The van der Waals surface area contributed by atoms with Crippen LogP contribution in [0.15, 0.2) is 30.3 Å². The lowest BCUT2D eigenvalue weighted by atomic mass is 9.94. The molecular weight excluding hydrogens is 288 g/mol. The maximum absolute atomic E-state index is 12.6. The Morgan fingerprint density at radius 1 is 1.14 bits per heavy atom. The van der Waals surface area contributed by atoms with Crippen LogP contribution in [-0.2, 0) is 15.7 Å². The molecule has 118 valence electrons. The number of hydrogen-bond donors (Lipinski definition) is 2. The molecule has 0 radical (unpaired) electrons. The van der Waals surface area contributed by atoms with Gasteiger partial charge in [-0.05, 0) is 25.3 Å². The number of aliphatic hydroxyl groups excluding tert-OH is 1. The Morgan fingerprint density at radius 2 is 1.71 bits per heavy atom. The number of benzene rings is 1. The summed E-state index contributed by atoms with van der Waals surface area (Å²) >= 11 is 0. The second-order valence-corrected chi connectivity index (χ2v) is 7.45. The molecule has 6 heteroatoms. The molecule has 0 saturated carbocycles. The van der Waals surface area contributed by atoms with Crippen molar-refractivity contribution in [1.29, 1.82) is 0 Å². The molecule has 2 rings (SSSR count). The molecule has 0 amide bonds. The van der Waals surface area contributed by atoms with Crippen LogP contribution in [0.1, 0.15) is 38.2 Å². The van der Waals surface area contributed by atoms with Crippen LogP contribution in [0.2, 0.25) is 0 Å². The second-order valence-electron chi connectivity index (χ2n) is 5.78. The number of hydrogen-bond acceptors (Lipinski definition) is 3. The first-order chi connectivity index (χ1) is 9.98. The van der Waals surface area contributed by atoms with E-state index < -0.39 is 15.7 Å². The summed E-state index contributed by atoms with van der Waals surface area (Å²) in [6.45, 7) is 2.51. The van der Waals surface area contributed by atoms with Crippen molar-refractivity contribution in [2.45, 2.75) is 38.1 Å². The molecule has 1 aromatic carbocycles. The molecule has 0 aromatic heterocycles. The molecule has 0 aliphatic carbocycles. The van der Waals surface area contributed by atoms with Gasteiger partial charge in [-0.15, -0.1) is 0 Å². The minimum atomic E-state index is -3.60. The number of aliphatic hydroxyl groups is 1. The number of nitrogens with zero attached hydrogens (tertiary/aromatic N) is 1. The standard InChI is InChI=1S/C15H24N2O3S/c1-15(13-18,14-9-5-4-6-10-14)16-21(19,20)17-11-7-2-3-8-12-17/h4-6,9-10,16,18H,2-3,7-8,11-13H2,1H3. The Hall–Kier alpha value is -0.950. The van der Waals surface area contributed by atoms with Crippen molar-refractivity contribution >= 4 is 10.2 Å². The minimum absolute atomic E-state index is 0.288. The summed E-state index contributed by atoms with van der Waals surface area (Å²) in [6, 6.07) is 9.18. The number of nitrogens with one attached hydrogen (secondary N) is 1. The fraction of sp³-hybridized carbons (Fsp3) is 0.600. The molecule has 1 unspecified atom stereocenters. The summed E-state index contributed by atoms with van der Waals surface area (Å²) in [4.78, 5) is 0. The van der Waals surface area contributed by atoms with Crippen LogP contribution in [0.4, 0.5) is 0 Å². The van der Waals surface area contributed by atoms with Gasteiger partial charge in [-0.1, -0.05) is 43.2 Å². The van der Waals surface area contributed by atoms with Crippen molar-refractivity contribution in [1.82, 2.24) is 9.03 Å². The van der Waals surface area contributed by atoms with E-state index in [4.69, 9.17) is 0 Å². The van der Waals surface area contributed by atoms with E-state index >= 15 is 0 Å². The van der Waals surface area contributed by atoms with Crippen LogP contribution >= 0.6 is 0 Å². The Kier molecular flexibility index (Phi) is 5.37. The molecule has 1 fully saturated rings. The smallest absolute Gasteiger partial charge is 0.280 e. The quantitative estimate of drug-likeness (QED) is 0.868. The minimum Gasteiger partial charge on any atom is -0.394 e. The van der Waals surface area contributed by atoms with Crippen LogP contribution in [-0.4, -0.2) is 37.5 Å². The van der Waals surface area contributed by atoms with Crippen molar-refractivity contribution in [3.05, 3.63) is 35.9 Å². The van der Waals surface area contributed by atoms with Crippen molar-refractivity contribution in [3.8, 4) is 0 Å². The molecular formula is C15H24N2O3S. The van der Waals surface area contributed by atoms with E-state index in [1.165, 1.54) is 4.31 Å². The first kappa shape index (κ1) is 16.4. The largest absolute Gasteiger partial charge is 0.394 e. The third kappa shape index (κ3) is 4.03. The highest BCUT2D eigenvalue weighted by Crippen LogP contribution is 2.23. The maximum Gasteiger partial charge on any atom is 0.280 e. The molecule has 0 bridgehead atoms. The predicted octanol–water partition coefficient (Wildman–Crippen LogP) is 1.60. The van der Waals surface area contributed by atoms with E-state index in [1.807, 2.05) is 30.3 Å². The monoisotopic (exact) mass is 312 g/mol. The normalized spacial score (nSPS) is 20.7. The van der Waals surface area contributed by atoms with Gasteiger partial charge < -0.3 is 5.11 Å².